The average molecular weight is 483 g/mol. The number of ketones is 2. The van der Waals surface area contributed by atoms with E-state index in [-0.39, 0.29) is 11.6 Å². The molecule has 0 radical (unpaired) electrons. The van der Waals surface area contributed by atoms with Crippen LogP contribution < -0.4 is 4.74 Å². The molecular formula is C34H26O3. The third-order valence-corrected chi connectivity index (χ3v) is 6.25. The van der Waals surface area contributed by atoms with E-state index in [1.807, 2.05) is 73.7 Å². The minimum Gasteiger partial charge on any atom is -0.457 e. The van der Waals surface area contributed by atoms with Crippen molar-refractivity contribution in [1.29, 1.82) is 0 Å². The van der Waals surface area contributed by atoms with E-state index >= 15 is 0 Å². The Bertz CT molecular complexity index is 1500. The Morgan fingerprint density at radius 1 is 0.486 bits per heavy atom. The SMILES string of the molecule is Cc1ccc(C(=O)c2ccc(Oc3ccc(C(=O)c4ccc(Cc5ccccc5)cc4)cc3)cc2)cc1. The highest BCUT2D eigenvalue weighted by Gasteiger charge is 2.11. The Balaban J connectivity index is 1.21. The first-order valence-electron chi connectivity index (χ1n) is 12.2. The summed E-state index contributed by atoms with van der Waals surface area (Å²) in [6.45, 7) is 1.99. The predicted octanol–water partition coefficient (Wildman–Crippen LogP) is 7.84. The molecule has 3 nitrogen and oxygen atoms in total. The van der Waals surface area contributed by atoms with E-state index in [0.29, 0.717) is 33.8 Å². The summed E-state index contributed by atoms with van der Waals surface area (Å²) in [5, 5.41) is 0. The van der Waals surface area contributed by atoms with Crippen LogP contribution in [0.4, 0.5) is 0 Å². The number of carbonyl (C=O) groups excluding carboxylic acids is 2. The van der Waals surface area contributed by atoms with Crippen LogP contribution >= 0.6 is 0 Å². The van der Waals surface area contributed by atoms with Crippen LogP contribution in [0.1, 0.15) is 48.5 Å². The van der Waals surface area contributed by atoms with E-state index in [4.69, 9.17) is 4.74 Å². The third kappa shape index (κ3) is 5.91. The van der Waals surface area contributed by atoms with Gasteiger partial charge in [0.05, 0.1) is 0 Å². The molecule has 0 saturated carbocycles. The van der Waals surface area contributed by atoms with Crippen molar-refractivity contribution < 1.29 is 14.3 Å². The summed E-state index contributed by atoms with van der Waals surface area (Å²) < 4.78 is 5.92. The van der Waals surface area contributed by atoms with E-state index < -0.39 is 0 Å². The van der Waals surface area contributed by atoms with Crippen molar-refractivity contribution >= 4 is 11.6 Å². The Kier molecular flexibility index (Phi) is 7.05. The highest BCUT2D eigenvalue weighted by atomic mass is 16.5. The number of hydrogen-bond acceptors (Lipinski definition) is 3. The maximum Gasteiger partial charge on any atom is 0.193 e. The van der Waals surface area contributed by atoms with E-state index in [1.54, 1.807) is 48.5 Å². The molecule has 5 rings (SSSR count). The number of rotatable bonds is 8. The van der Waals surface area contributed by atoms with Crippen molar-refractivity contribution in [3.05, 3.63) is 166 Å². The van der Waals surface area contributed by atoms with E-state index in [1.165, 1.54) is 5.56 Å². The summed E-state index contributed by atoms with van der Waals surface area (Å²) in [6, 6.07) is 39.7. The number of aryl methyl sites for hydroxylation is 1. The van der Waals surface area contributed by atoms with Gasteiger partial charge in [0.15, 0.2) is 11.6 Å². The topological polar surface area (TPSA) is 43.4 Å². The summed E-state index contributed by atoms with van der Waals surface area (Å²) in [6.07, 6.45) is 0.836. The maximum absolute atomic E-state index is 12.9. The van der Waals surface area contributed by atoms with Gasteiger partial charge in [-0.15, -0.1) is 0 Å². The molecule has 0 amide bonds. The second-order valence-electron chi connectivity index (χ2n) is 9.03. The van der Waals surface area contributed by atoms with Crippen LogP contribution in [-0.4, -0.2) is 11.6 Å². The van der Waals surface area contributed by atoms with Crippen molar-refractivity contribution in [2.75, 3.05) is 0 Å². The molecule has 0 bridgehead atoms. The highest BCUT2D eigenvalue weighted by Crippen LogP contribution is 2.24. The molecule has 5 aromatic rings. The van der Waals surface area contributed by atoms with Gasteiger partial charge in [0.25, 0.3) is 0 Å². The molecule has 3 heteroatoms. The number of benzene rings is 5. The zero-order valence-corrected chi connectivity index (χ0v) is 20.6. The van der Waals surface area contributed by atoms with Gasteiger partial charge in [-0.1, -0.05) is 84.4 Å². The molecule has 180 valence electrons. The molecule has 37 heavy (non-hydrogen) atoms. The molecule has 0 spiro atoms. The van der Waals surface area contributed by atoms with E-state index in [2.05, 4.69) is 12.1 Å². The first kappa shape index (κ1) is 24.0. The second kappa shape index (κ2) is 10.9. The fourth-order valence-corrected chi connectivity index (χ4v) is 4.13. The smallest absolute Gasteiger partial charge is 0.193 e. The number of ether oxygens (including phenoxy) is 1. The lowest BCUT2D eigenvalue weighted by atomic mass is 9.99. The van der Waals surface area contributed by atoms with Gasteiger partial charge in [-0.05, 0) is 73.0 Å². The van der Waals surface area contributed by atoms with Gasteiger partial charge in [-0.3, -0.25) is 9.59 Å². The van der Waals surface area contributed by atoms with Crippen LogP contribution in [0.15, 0.2) is 127 Å². The zero-order valence-electron chi connectivity index (χ0n) is 20.6. The highest BCUT2D eigenvalue weighted by molar-refractivity contribution is 6.09. The molecule has 0 unspecified atom stereocenters. The Morgan fingerprint density at radius 3 is 1.32 bits per heavy atom. The van der Waals surface area contributed by atoms with E-state index in [0.717, 1.165) is 17.5 Å². The molecule has 0 atom stereocenters. The van der Waals surface area contributed by atoms with Gasteiger partial charge in [0, 0.05) is 22.3 Å². The van der Waals surface area contributed by atoms with Crippen molar-refractivity contribution in [1.82, 2.24) is 0 Å². The number of carbonyl (C=O) groups is 2. The lowest BCUT2D eigenvalue weighted by Gasteiger charge is -2.08. The van der Waals surface area contributed by atoms with Crippen molar-refractivity contribution in [3.8, 4) is 11.5 Å². The normalized spacial score (nSPS) is 10.6. The van der Waals surface area contributed by atoms with E-state index in [9.17, 15) is 9.59 Å². The third-order valence-electron chi connectivity index (χ3n) is 6.25. The largest absolute Gasteiger partial charge is 0.457 e. The molecule has 0 aliphatic carbocycles. The molecule has 0 saturated heterocycles. The summed E-state index contributed by atoms with van der Waals surface area (Å²) in [4.78, 5) is 25.6. The maximum atomic E-state index is 12.9. The number of hydrogen-bond donors (Lipinski definition) is 0. The standard InChI is InChI=1S/C34H26O3/c1-24-7-11-27(12-8-24)33(35)29-15-19-31(20-16-29)37-32-21-17-30(18-22-32)34(36)28-13-9-26(10-14-28)23-25-5-3-2-4-6-25/h2-22H,23H2,1H3. The molecule has 0 aliphatic heterocycles. The minimum atomic E-state index is -0.0308. The Hall–Kier alpha value is -4.76. The Morgan fingerprint density at radius 2 is 0.865 bits per heavy atom. The van der Waals surface area contributed by atoms with Crippen molar-refractivity contribution in [2.45, 2.75) is 13.3 Å². The first-order valence-corrected chi connectivity index (χ1v) is 12.2. The van der Waals surface area contributed by atoms with Crippen LogP contribution in [0.25, 0.3) is 0 Å². The average Bonchev–Trinajstić information content (AvgIpc) is 2.95. The van der Waals surface area contributed by atoms with Gasteiger partial charge in [0.1, 0.15) is 11.5 Å². The fraction of sp³-hybridized carbons (Fsp3) is 0.0588. The molecule has 5 aromatic carbocycles. The molecule has 0 fully saturated rings. The van der Waals surface area contributed by atoms with Crippen molar-refractivity contribution in [3.63, 3.8) is 0 Å². The zero-order chi connectivity index (χ0) is 25.6. The van der Waals surface area contributed by atoms with Crippen LogP contribution in [0.2, 0.25) is 0 Å². The Labute approximate surface area is 217 Å². The van der Waals surface area contributed by atoms with Gasteiger partial charge in [-0.2, -0.15) is 0 Å². The first-order chi connectivity index (χ1) is 18.0. The molecule has 0 heterocycles. The lowest BCUT2D eigenvalue weighted by molar-refractivity contribution is 0.103. The van der Waals surface area contributed by atoms with Crippen LogP contribution in [0, 0.1) is 6.92 Å². The van der Waals surface area contributed by atoms with Gasteiger partial charge in [-0.25, -0.2) is 0 Å². The monoisotopic (exact) mass is 482 g/mol. The van der Waals surface area contributed by atoms with Gasteiger partial charge in [0.2, 0.25) is 0 Å². The summed E-state index contributed by atoms with van der Waals surface area (Å²) in [5.41, 5.74) is 6.03. The molecule has 0 aromatic heterocycles. The minimum absolute atomic E-state index is 0.0255. The molecule has 0 aliphatic rings. The fourth-order valence-electron chi connectivity index (χ4n) is 4.13. The predicted molar refractivity (Wildman–Crippen MR) is 147 cm³/mol. The summed E-state index contributed by atoms with van der Waals surface area (Å²) >= 11 is 0. The van der Waals surface area contributed by atoms with Crippen LogP contribution in [-0.2, 0) is 6.42 Å². The quantitative estimate of drug-likeness (QED) is 0.212. The second-order valence-corrected chi connectivity index (χ2v) is 9.03. The van der Waals surface area contributed by atoms with Crippen molar-refractivity contribution in [2.24, 2.45) is 0 Å². The molecule has 0 N–H and O–H groups in total. The summed E-state index contributed by atoms with van der Waals surface area (Å²) in [5.74, 6) is 1.18. The van der Waals surface area contributed by atoms with Gasteiger partial charge >= 0.3 is 0 Å². The summed E-state index contributed by atoms with van der Waals surface area (Å²) in [7, 11) is 0. The van der Waals surface area contributed by atoms with Crippen LogP contribution in [0.5, 0.6) is 11.5 Å². The van der Waals surface area contributed by atoms with Gasteiger partial charge < -0.3 is 4.74 Å². The molecular weight excluding hydrogens is 456 g/mol. The van der Waals surface area contributed by atoms with Crippen LogP contribution in [0.3, 0.4) is 0 Å². The lowest BCUT2D eigenvalue weighted by Crippen LogP contribution is -2.02.